The Hall–Kier alpha value is -1.02. The molecular formula is C14H22N2. The molecule has 0 saturated carbocycles. The van der Waals surface area contributed by atoms with Crippen LogP contribution in [-0.4, -0.2) is 31.6 Å². The van der Waals surface area contributed by atoms with E-state index in [4.69, 9.17) is 0 Å². The van der Waals surface area contributed by atoms with E-state index in [2.05, 4.69) is 48.5 Å². The van der Waals surface area contributed by atoms with Gasteiger partial charge >= 0.3 is 0 Å². The van der Waals surface area contributed by atoms with Crippen LogP contribution in [0.5, 0.6) is 0 Å². The fraction of sp³-hybridized carbons (Fsp3) is 0.571. The number of hydrogen-bond acceptors (Lipinski definition) is 2. The van der Waals surface area contributed by atoms with Crippen LogP contribution in [0.3, 0.4) is 0 Å². The van der Waals surface area contributed by atoms with Gasteiger partial charge in [-0.25, -0.2) is 0 Å². The van der Waals surface area contributed by atoms with Crippen LogP contribution in [-0.2, 0) is 0 Å². The minimum Gasteiger partial charge on any atom is -0.385 e. The maximum absolute atomic E-state index is 3.54. The van der Waals surface area contributed by atoms with Gasteiger partial charge in [0.05, 0.1) is 0 Å². The zero-order valence-corrected chi connectivity index (χ0v) is 10.4. The summed E-state index contributed by atoms with van der Waals surface area (Å²) in [6, 6.07) is 8.66. The Labute approximate surface area is 98.7 Å². The summed E-state index contributed by atoms with van der Waals surface area (Å²) >= 11 is 0. The number of nitrogens with zero attached hydrogens (tertiary/aromatic N) is 1. The van der Waals surface area contributed by atoms with E-state index in [1.165, 1.54) is 37.2 Å². The highest BCUT2D eigenvalue weighted by Crippen LogP contribution is 2.16. The highest BCUT2D eigenvalue weighted by Gasteiger charge is 2.16. The van der Waals surface area contributed by atoms with Crippen molar-refractivity contribution in [2.24, 2.45) is 5.92 Å². The Bertz CT molecular complexity index is 318. The van der Waals surface area contributed by atoms with E-state index < -0.39 is 0 Å². The second kappa shape index (κ2) is 5.35. The SMILES string of the molecule is Cc1ccc(NCC2CCCN(C)C2)cc1. The summed E-state index contributed by atoms with van der Waals surface area (Å²) < 4.78 is 0. The lowest BCUT2D eigenvalue weighted by molar-refractivity contribution is 0.217. The maximum Gasteiger partial charge on any atom is 0.0340 e. The van der Waals surface area contributed by atoms with Crippen LogP contribution in [0.15, 0.2) is 24.3 Å². The first kappa shape index (κ1) is 11.5. The molecule has 0 radical (unpaired) electrons. The van der Waals surface area contributed by atoms with Gasteiger partial charge in [0, 0.05) is 18.8 Å². The van der Waals surface area contributed by atoms with Gasteiger partial charge in [-0.05, 0) is 51.4 Å². The summed E-state index contributed by atoms with van der Waals surface area (Å²) in [6.45, 7) is 5.73. The van der Waals surface area contributed by atoms with Gasteiger partial charge in [0.25, 0.3) is 0 Å². The molecule has 0 aromatic heterocycles. The summed E-state index contributed by atoms with van der Waals surface area (Å²) in [7, 11) is 2.22. The van der Waals surface area contributed by atoms with E-state index in [-0.39, 0.29) is 0 Å². The highest BCUT2D eigenvalue weighted by atomic mass is 15.1. The van der Waals surface area contributed by atoms with E-state index in [1.54, 1.807) is 0 Å². The molecular weight excluding hydrogens is 196 g/mol. The Morgan fingerprint density at radius 2 is 2.06 bits per heavy atom. The molecule has 1 N–H and O–H groups in total. The fourth-order valence-electron chi connectivity index (χ4n) is 2.37. The van der Waals surface area contributed by atoms with Crippen LogP contribution < -0.4 is 5.32 Å². The van der Waals surface area contributed by atoms with Crippen LogP contribution in [0.4, 0.5) is 5.69 Å². The molecule has 1 aromatic carbocycles. The number of anilines is 1. The molecule has 2 heteroatoms. The molecule has 88 valence electrons. The van der Waals surface area contributed by atoms with Gasteiger partial charge in [0.2, 0.25) is 0 Å². The third-order valence-corrected chi connectivity index (χ3v) is 3.37. The topological polar surface area (TPSA) is 15.3 Å². The van der Waals surface area contributed by atoms with E-state index in [1.807, 2.05) is 0 Å². The number of benzene rings is 1. The van der Waals surface area contributed by atoms with E-state index in [0.717, 1.165) is 12.5 Å². The highest BCUT2D eigenvalue weighted by molar-refractivity contribution is 5.44. The third-order valence-electron chi connectivity index (χ3n) is 3.37. The molecule has 1 aliphatic rings. The lowest BCUT2D eigenvalue weighted by atomic mass is 9.98. The van der Waals surface area contributed by atoms with Crippen LogP contribution in [0.25, 0.3) is 0 Å². The van der Waals surface area contributed by atoms with Crippen LogP contribution >= 0.6 is 0 Å². The van der Waals surface area contributed by atoms with Gasteiger partial charge in [0.15, 0.2) is 0 Å². The van der Waals surface area contributed by atoms with Crippen molar-refractivity contribution in [1.82, 2.24) is 4.90 Å². The zero-order chi connectivity index (χ0) is 11.4. The maximum atomic E-state index is 3.54. The van der Waals surface area contributed by atoms with Gasteiger partial charge in [0.1, 0.15) is 0 Å². The average Bonchev–Trinajstić information content (AvgIpc) is 2.28. The predicted molar refractivity (Wildman–Crippen MR) is 69.9 cm³/mol. The number of piperidine rings is 1. The second-order valence-electron chi connectivity index (χ2n) is 5.02. The van der Waals surface area contributed by atoms with Gasteiger partial charge in [-0.3, -0.25) is 0 Å². The van der Waals surface area contributed by atoms with Crippen LogP contribution in [0.2, 0.25) is 0 Å². The molecule has 2 nitrogen and oxygen atoms in total. The molecule has 16 heavy (non-hydrogen) atoms. The minimum atomic E-state index is 0.806. The van der Waals surface area contributed by atoms with Crippen molar-refractivity contribution in [2.75, 3.05) is 32.0 Å². The number of nitrogens with one attached hydrogen (secondary N) is 1. The van der Waals surface area contributed by atoms with Crippen molar-refractivity contribution in [3.8, 4) is 0 Å². The van der Waals surface area contributed by atoms with Crippen molar-refractivity contribution < 1.29 is 0 Å². The Balaban J connectivity index is 1.80. The quantitative estimate of drug-likeness (QED) is 0.839. The largest absolute Gasteiger partial charge is 0.385 e. The molecule has 2 rings (SSSR count). The molecule has 0 bridgehead atoms. The van der Waals surface area contributed by atoms with Gasteiger partial charge in [-0.2, -0.15) is 0 Å². The first-order chi connectivity index (χ1) is 7.74. The minimum absolute atomic E-state index is 0.806. The number of rotatable bonds is 3. The molecule has 1 aromatic rings. The van der Waals surface area contributed by atoms with Crippen molar-refractivity contribution in [2.45, 2.75) is 19.8 Å². The summed E-state index contributed by atoms with van der Waals surface area (Å²) in [5, 5.41) is 3.54. The van der Waals surface area contributed by atoms with Gasteiger partial charge < -0.3 is 10.2 Å². The van der Waals surface area contributed by atoms with Crippen LogP contribution in [0.1, 0.15) is 18.4 Å². The molecule has 1 heterocycles. The molecule has 1 saturated heterocycles. The third kappa shape index (κ3) is 3.24. The number of hydrogen-bond donors (Lipinski definition) is 1. The monoisotopic (exact) mass is 218 g/mol. The molecule has 1 atom stereocenters. The smallest absolute Gasteiger partial charge is 0.0340 e. The summed E-state index contributed by atoms with van der Waals surface area (Å²) in [6.07, 6.45) is 2.71. The summed E-state index contributed by atoms with van der Waals surface area (Å²) in [5.74, 6) is 0.806. The molecule has 1 aliphatic heterocycles. The summed E-state index contributed by atoms with van der Waals surface area (Å²) in [4.78, 5) is 2.44. The standard InChI is InChI=1S/C14H22N2/c1-12-5-7-14(8-6-12)15-10-13-4-3-9-16(2)11-13/h5-8,13,15H,3-4,9-11H2,1-2H3. The van der Waals surface area contributed by atoms with Crippen molar-refractivity contribution in [3.05, 3.63) is 29.8 Å². The van der Waals surface area contributed by atoms with Crippen molar-refractivity contribution >= 4 is 5.69 Å². The predicted octanol–water partition coefficient (Wildman–Crippen LogP) is 2.75. The fourth-order valence-corrected chi connectivity index (χ4v) is 2.37. The van der Waals surface area contributed by atoms with Crippen molar-refractivity contribution in [3.63, 3.8) is 0 Å². The van der Waals surface area contributed by atoms with Crippen molar-refractivity contribution in [1.29, 1.82) is 0 Å². The number of likely N-dealkylation sites (tertiary alicyclic amines) is 1. The van der Waals surface area contributed by atoms with Gasteiger partial charge in [-0.1, -0.05) is 17.7 Å². The van der Waals surface area contributed by atoms with Gasteiger partial charge in [-0.15, -0.1) is 0 Å². The second-order valence-corrected chi connectivity index (χ2v) is 5.02. The first-order valence-corrected chi connectivity index (χ1v) is 6.23. The molecule has 0 aliphatic carbocycles. The Morgan fingerprint density at radius 1 is 1.31 bits per heavy atom. The Morgan fingerprint density at radius 3 is 2.75 bits per heavy atom. The first-order valence-electron chi connectivity index (χ1n) is 6.23. The molecule has 1 unspecified atom stereocenters. The van der Waals surface area contributed by atoms with Crippen LogP contribution in [0, 0.1) is 12.8 Å². The Kier molecular flexibility index (Phi) is 3.83. The lowest BCUT2D eigenvalue weighted by Crippen LogP contribution is -2.35. The summed E-state index contributed by atoms with van der Waals surface area (Å²) in [5.41, 5.74) is 2.57. The number of aryl methyl sites for hydroxylation is 1. The molecule has 0 amide bonds. The van der Waals surface area contributed by atoms with E-state index >= 15 is 0 Å². The molecule has 0 spiro atoms. The zero-order valence-electron chi connectivity index (χ0n) is 10.4. The molecule has 1 fully saturated rings. The normalized spacial score (nSPS) is 22.0. The van der Waals surface area contributed by atoms with E-state index in [0.29, 0.717) is 0 Å². The lowest BCUT2D eigenvalue weighted by Gasteiger charge is -2.29. The van der Waals surface area contributed by atoms with E-state index in [9.17, 15) is 0 Å². The average molecular weight is 218 g/mol.